The molecule has 0 heterocycles. The number of rotatable bonds is 7. The molecule has 0 N–H and O–H groups in total. The first kappa shape index (κ1) is 15.6. The summed E-state index contributed by atoms with van der Waals surface area (Å²) in [6.07, 6.45) is 12.9. The predicted molar refractivity (Wildman–Crippen MR) is 89.1 cm³/mol. The molecule has 2 rings (SSSR count). The molecule has 1 unspecified atom stereocenters. The van der Waals surface area contributed by atoms with Crippen LogP contribution in [0.25, 0.3) is 0 Å². The van der Waals surface area contributed by atoms with E-state index >= 15 is 0 Å². The second kappa shape index (κ2) is 8.49. The van der Waals surface area contributed by atoms with E-state index in [4.69, 9.17) is 0 Å². The fourth-order valence-corrected chi connectivity index (χ4v) is 3.82. The Morgan fingerprint density at radius 3 is 2.35 bits per heavy atom. The Morgan fingerprint density at radius 2 is 1.70 bits per heavy atom. The van der Waals surface area contributed by atoms with Crippen molar-refractivity contribution in [2.45, 2.75) is 77.6 Å². The first-order chi connectivity index (χ1) is 9.79. The summed E-state index contributed by atoms with van der Waals surface area (Å²) in [5, 5.41) is 0. The molecule has 0 radical (unpaired) electrons. The van der Waals surface area contributed by atoms with E-state index in [1.54, 1.807) is 5.56 Å². The molecule has 112 valence electrons. The van der Waals surface area contributed by atoms with Gasteiger partial charge in [0.15, 0.2) is 0 Å². The van der Waals surface area contributed by atoms with Crippen LogP contribution >= 0.6 is 0 Å². The van der Waals surface area contributed by atoms with E-state index in [1.807, 2.05) is 0 Å². The number of hydrogen-bond donors (Lipinski definition) is 0. The normalized spacial score (nSPS) is 24.5. The smallest absolute Gasteiger partial charge is 0.0162 e. The fraction of sp³-hybridized carbons (Fsp3) is 0.700. The molecule has 1 fully saturated rings. The SMILES string of the molecule is CCCC(CCCC1CCC(C)CC1)c1ccccc1. The minimum atomic E-state index is 0.795. The zero-order valence-electron chi connectivity index (χ0n) is 13.5. The molecular formula is C20H32. The van der Waals surface area contributed by atoms with Crippen molar-refractivity contribution in [1.29, 1.82) is 0 Å². The van der Waals surface area contributed by atoms with Gasteiger partial charge in [0, 0.05) is 0 Å². The van der Waals surface area contributed by atoms with Crippen molar-refractivity contribution < 1.29 is 0 Å². The van der Waals surface area contributed by atoms with Crippen LogP contribution in [0.4, 0.5) is 0 Å². The highest BCUT2D eigenvalue weighted by molar-refractivity contribution is 5.19. The van der Waals surface area contributed by atoms with Gasteiger partial charge in [-0.25, -0.2) is 0 Å². The van der Waals surface area contributed by atoms with Gasteiger partial charge < -0.3 is 0 Å². The van der Waals surface area contributed by atoms with Crippen molar-refractivity contribution in [3.63, 3.8) is 0 Å². The van der Waals surface area contributed by atoms with Gasteiger partial charge in [-0.3, -0.25) is 0 Å². The standard InChI is InChI=1S/C20H32/c1-3-8-19(20-10-5-4-6-11-20)12-7-9-18-15-13-17(2)14-16-18/h4-6,10-11,17-19H,3,7-9,12-16H2,1-2H3. The van der Waals surface area contributed by atoms with Crippen molar-refractivity contribution in [2.75, 3.05) is 0 Å². The highest BCUT2D eigenvalue weighted by Gasteiger charge is 2.18. The highest BCUT2D eigenvalue weighted by atomic mass is 14.2. The quantitative estimate of drug-likeness (QED) is 0.527. The summed E-state index contributed by atoms with van der Waals surface area (Å²) >= 11 is 0. The van der Waals surface area contributed by atoms with Crippen molar-refractivity contribution in [2.24, 2.45) is 11.8 Å². The second-order valence-electron chi connectivity index (χ2n) is 6.95. The molecule has 1 saturated carbocycles. The molecular weight excluding hydrogens is 240 g/mol. The molecule has 0 saturated heterocycles. The van der Waals surface area contributed by atoms with Crippen molar-refractivity contribution in [1.82, 2.24) is 0 Å². The Hall–Kier alpha value is -0.780. The maximum absolute atomic E-state index is 2.42. The Labute approximate surface area is 126 Å². The summed E-state index contributed by atoms with van der Waals surface area (Å²) in [7, 11) is 0. The Kier molecular flexibility index (Phi) is 6.63. The number of benzene rings is 1. The molecule has 0 aromatic heterocycles. The van der Waals surface area contributed by atoms with E-state index in [-0.39, 0.29) is 0 Å². The molecule has 20 heavy (non-hydrogen) atoms. The summed E-state index contributed by atoms with van der Waals surface area (Å²) in [5.41, 5.74) is 1.56. The van der Waals surface area contributed by atoms with Gasteiger partial charge in [0.2, 0.25) is 0 Å². The lowest BCUT2D eigenvalue weighted by atomic mass is 9.79. The highest BCUT2D eigenvalue weighted by Crippen LogP contribution is 2.33. The van der Waals surface area contributed by atoms with Gasteiger partial charge in [-0.15, -0.1) is 0 Å². The monoisotopic (exact) mass is 272 g/mol. The van der Waals surface area contributed by atoms with E-state index < -0.39 is 0 Å². The van der Waals surface area contributed by atoms with E-state index in [9.17, 15) is 0 Å². The van der Waals surface area contributed by atoms with E-state index in [0.717, 1.165) is 17.8 Å². The zero-order valence-corrected chi connectivity index (χ0v) is 13.5. The van der Waals surface area contributed by atoms with Crippen LogP contribution in [0.5, 0.6) is 0 Å². The molecule has 0 heteroatoms. The molecule has 1 aliphatic rings. The van der Waals surface area contributed by atoms with Crippen LogP contribution in [0.1, 0.15) is 83.1 Å². The number of hydrogen-bond acceptors (Lipinski definition) is 0. The van der Waals surface area contributed by atoms with Crippen LogP contribution in [0.3, 0.4) is 0 Å². The molecule has 0 amide bonds. The maximum Gasteiger partial charge on any atom is -0.0162 e. The zero-order chi connectivity index (χ0) is 14.2. The molecule has 0 spiro atoms. The summed E-state index contributed by atoms with van der Waals surface area (Å²) in [6.45, 7) is 4.74. The third-order valence-electron chi connectivity index (χ3n) is 5.21. The topological polar surface area (TPSA) is 0 Å². The molecule has 0 nitrogen and oxygen atoms in total. The molecule has 1 aromatic rings. The van der Waals surface area contributed by atoms with Gasteiger partial charge in [0.05, 0.1) is 0 Å². The van der Waals surface area contributed by atoms with Gasteiger partial charge in [0.1, 0.15) is 0 Å². The lowest BCUT2D eigenvalue weighted by Gasteiger charge is -2.26. The van der Waals surface area contributed by atoms with Crippen molar-refractivity contribution in [3.05, 3.63) is 35.9 Å². The largest absolute Gasteiger partial charge is 0.0654 e. The lowest BCUT2D eigenvalue weighted by molar-refractivity contribution is 0.270. The van der Waals surface area contributed by atoms with Gasteiger partial charge in [-0.05, 0) is 36.2 Å². The van der Waals surface area contributed by atoms with Crippen LogP contribution in [-0.4, -0.2) is 0 Å². The van der Waals surface area contributed by atoms with Gasteiger partial charge in [-0.1, -0.05) is 89.1 Å². The third kappa shape index (κ3) is 4.96. The molecule has 1 atom stereocenters. The molecule has 1 aliphatic carbocycles. The summed E-state index contributed by atoms with van der Waals surface area (Å²) in [5.74, 6) is 2.82. The Morgan fingerprint density at radius 1 is 1.00 bits per heavy atom. The minimum Gasteiger partial charge on any atom is -0.0654 e. The van der Waals surface area contributed by atoms with Gasteiger partial charge >= 0.3 is 0 Å². The summed E-state index contributed by atoms with van der Waals surface area (Å²) in [4.78, 5) is 0. The molecule has 0 aliphatic heterocycles. The van der Waals surface area contributed by atoms with Crippen LogP contribution in [-0.2, 0) is 0 Å². The Balaban J connectivity index is 1.75. The molecule has 1 aromatic carbocycles. The molecule has 0 bridgehead atoms. The minimum absolute atomic E-state index is 0.795. The van der Waals surface area contributed by atoms with Gasteiger partial charge in [-0.2, -0.15) is 0 Å². The lowest BCUT2D eigenvalue weighted by Crippen LogP contribution is -2.12. The average molecular weight is 272 g/mol. The van der Waals surface area contributed by atoms with Crippen molar-refractivity contribution >= 4 is 0 Å². The summed E-state index contributed by atoms with van der Waals surface area (Å²) < 4.78 is 0. The van der Waals surface area contributed by atoms with Crippen LogP contribution in [0.15, 0.2) is 30.3 Å². The second-order valence-corrected chi connectivity index (χ2v) is 6.95. The van der Waals surface area contributed by atoms with Crippen LogP contribution < -0.4 is 0 Å². The van der Waals surface area contributed by atoms with Gasteiger partial charge in [0.25, 0.3) is 0 Å². The first-order valence-corrected chi connectivity index (χ1v) is 8.84. The Bertz CT molecular complexity index is 346. The van der Waals surface area contributed by atoms with Crippen LogP contribution in [0, 0.1) is 11.8 Å². The van der Waals surface area contributed by atoms with E-state index in [0.29, 0.717) is 0 Å². The maximum atomic E-state index is 2.42. The fourth-order valence-electron chi connectivity index (χ4n) is 3.82. The van der Waals surface area contributed by atoms with E-state index in [1.165, 1.54) is 57.8 Å². The first-order valence-electron chi connectivity index (χ1n) is 8.84. The van der Waals surface area contributed by atoms with Crippen LogP contribution in [0.2, 0.25) is 0 Å². The van der Waals surface area contributed by atoms with Crippen molar-refractivity contribution in [3.8, 4) is 0 Å². The van der Waals surface area contributed by atoms with E-state index in [2.05, 4.69) is 44.2 Å². The third-order valence-corrected chi connectivity index (χ3v) is 5.21. The average Bonchev–Trinajstić information content (AvgIpc) is 2.49. The predicted octanol–water partition coefficient (Wildman–Crippen LogP) is 6.57. The summed E-state index contributed by atoms with van der Waals surface area (Å²) in [6, 6.07) is 11.2.